The van der Waals surface area contributed by atoms with E-state index in [1.165, 1.54) is 6.33 Å². The molecule has 26 heavy (non-hydrogen) atoms. The zero-order valence-corrected chi connectivity index (χ0v) is 13.8. The Labute approximate surface area is 147 Å². The highest BCUT2D eigenvalue weighted by atomic mass is 16.5. The van der Waals surface area contributed by atoms with Gasteiger partial charge in [-0.05, 0) is 13.3 Å². The van der Waals surface area contributed by atoms with E-state index in [9.17, 15) is 9.59 Å². The summed E-state index contributed by atoms with van der Waals surface area (Å²) in [5.41, 5.74) is 1.42. The predicted octanol–water partition coefficient (Wildman–Crippen LogP) is 1.23. The third-order valence-corrected chi connectivity index (χ3v) is 4.06. The highest BCUT2D eigenvalue weighted by molar-refractivity contribution is 5.99. The van der Waals surface area contributed by atoms with Gasteiger partial charge in [0.15, 0.2) is 11.6 Å². The summed E-state index contributed by atoms with van der Waals surface area (Å²) in [6, 6.07) is 1.28. The fourth-order valence-electron chi connectivity index (χ4n) is 2.73. The van der Waals surface area contributed by atoms with Gasteiger partial charge in [-0.25, -0.2) is 15.0 Å². The van der Waals surface area contributed by atoms with E-state index in [1.54, 1.807) is 25.4 Å². The van der Waals surface area contributed by atoms with E-state index in [4.69, 9.17) is 4.52 Å². The van der Waals surface area contributed by atoms with Crippen molar-refractivity contribution in [2.45, 2.75) is 25.8 Å². The number of aromatic amines is 1. The van der Waals surface area contributed by atoms with Crippen LogP contribution in [0.4, 0.5) is 5.82 Å². The first-order valence-electron chi connectivity index (χ1n) is 8.03. The van der Waals surface area contributed by atoms with E-state index in [0.717, 1.165) is 0 Å². The van der Waals surface area contributed by atoms with Gasteiger partial charge in [-0.15, -0.1) is 0 Å². The van der Waals surface area contributed by atoms with Crippen LogP contribution in [0.15, 0.2) is 29.3 Å². The van der Waals surface area contributed by atoms with Crippen molar-refractivity contribution in [3.05, 3.63) is 41.8 Å². The van der Waals surface area contributed by atoms with E-state index >= 15 is 0 Å². The van der Waals surface area contributed by atoms with Crippen molar-refractivity contribution in [3.63, 3.8) is 0 Å². The van der Waals surface area contributed by atoms with Crippen molar-refractivity contribution in [1.82, 2.24) is 30.4 Å². The molecule has 132 valence electrons. The molecule has 10 heteroatoms. The third-order valence-electron chi connectivity index (χ3n) is 4.06. The Morgan fingerprint density at radius 3 is 3.00 bits per heavy atom. The molecule has 2 amide bonds. The van der Waals surface area contributed by atoms with E-state index in [1.807, 2.05) is 0 Å². The summed E-state index contributed by atoms with van der Waals surface area (Å²) in [4.78, 5) is 39.2. The van der Waals surface area contributed by atoms with Crippen LogP contribution in [0.3, 0.4) is 0 Å². The molecule has 0 bridgehead atoms. The number of imidazole rings is 1. The predicted molar refractivity (Wildman–Crippen MR) is 88.9 cm³/mol. The lowest BCUT2D eigenvalue weighted by Gasteiger charge is -2.18. The monoisotopic (exact) mass is 353 g/mol. The molecule has 0 fully saturated rings. The van der Waals surface area contributed by atoms with E-state index in [2.05, 4.69) is 35.7 Å². The number of fused-ring (bicyclic) bond motifs is 1. The van der Waals surface area contributed by atoms with Crippen LogP contribution in [0.5, 0.6) is 0 Å². The molecule has 0 spiro atoms. The Morgan fingerprint density at radius 2 is 2.19 bits per heavy atom. The quantitative estimate of drug-likeness (QED) is 0.641. The zero-order chi connectivity index (χ0) is 18.1. The molecule has 1 aliphatic rings. The van der Waals surface area contributed by atoms with Gasteiger partial charge in [0.1, 0.15) is 23.5 Å². The second-order valence-electron chi connectivity index (χ2n) is 5.85. The maximum Gasteiger partial charge on any atom is 0.270 e. The van der Waals surface area contributed by atoms with Crippen LogP contribution in [0, 0.1) is 0 Å². The molecule has 1 aliphatic heterocycles. The topological polar surface area (TPSA) is 139 Å². The van der Waals surface area contributed by atoms with Crippen molar-refractivity contribution in [1.29, 1.82) is 0 Å². The van der Waals surface area contributed by atoms with Crippen LogP contribution in [-0.4, -0.2) is 36.9 Å². The molecule has 4 rings (SSSR count). The zero-order valence-electron chi connectivity index (χ0n) is 13.8. The molecular formula is C16H15N7O3. The Balaban J connectivity index is 1.52. The van der Waals surface area contributed by atoms with Crippen LogP contribution < -0.4 is 10.6 Å². The minimum absolute atomic E-state index is 0.122. The number of anilines is 1. The van der Waals surface area contributed by atoms with E-state index in [0.29, 0.717) is 41.5 Å². The number of aromatic nitrogens is 5. The van der Waals surface area contributed by atoms with Gasteiger partial charge in [0.05, 0.1) is 6.04 Å². The second-order valence-corrected chi connectivity index (χ2v) is 5.85. The van der Waals surface area contributed by atoms with Crippen molar-refractivity contribution in [2.75, 3.05) is 5.32 Å². The van der Waals surface area contributed by atoms with Gasteiger partial charge in [-0.3, -0.25) is 9.59 Å². The number of nitrogens with zero attached hydrogens (tertiary/aromatic N) is 4. The second kappa shape index (κ2) is 6.39. The maximum absolute atomic E-state index is 12.6. The minimum Gasteiger partial charge on any atom is -0.358 e. The molecular weight excluding hydrogens is 338 g/mol. The number of nitrogens with one attached hydrogen (secondary N) is 3. The number of carbonyl (C=O) groups excluding carboxylic acids is 2. The summed E-state index contributed by atoms with van der Waals surface area (Å²) < 4.78 is 5.30. The Kier molecular flexibility index (Phi) is 3.92. The molecule has 3 aromatic rings. The molecule has 0 aromatic carbocycles. The Bertz CT molecular complexity index is 964. The molecule has 0 unspecified atom stereocenters. The summed E-state index contributed by atoms with van der Waals surface area (Å²) in [5, 5.41) is 9.42. The van der Waals surface area contributed by atoms with Crippen molar-refractivity contribution in [2.24, 2.45) is 0 Å². The highest BCUT2D eigenvalue weighted by Crippen LogP contribution is 2.23. The summed E-state index contributed by atoms with van der Waals surface area (Å²) in [7, 11) is 0. The summed E-state index contributed by atoms with van der Waals surface area (Å²) >= 11 is 0. The number of carbonyl (C=O) groups is 2. The SMILES string of the molecule is C[C@@H](NC(=O)c1ncnc2c1CCC(=O)N2)c1cc(-c2ncc[nH]2)no1. The van der Waals surface area contributed by atoms with Crippen LogP contribution in [0.2, 0.25) is 0 Å². The molecule has 0 saturated carbocycles. The number of amides is 2. The largest absolute Gasteiger partial charge is 0.358 e. The van der Waals surface area contributed by atoms with Gasteiger partial charge in [-0.2, -0.15) is 0 Å². The average Bonchev–Trinajstić information content (AvgIpc) is 3.32. The summed E-state index contributed by atoms with van der Waals surface area (Å²) in [6.07, 6.45) is 5.28. The van der Waals surface area contributed by atoms with E-state index < -0.39 is 6.04 Å². The van der Waals surface area contributed by atoms with Gasteiger partial charge in [-0.1, -0.05) is 5.16 Å². The van der Waals surface area contributed by atoms with Gasteiger partial charge >= 0.3 is 0 Å². The number of rotatable bonds is 4. The average molecular weight is 353 g/mol. The molecule has 1 atom stereocenters. The first-order chi connectivity index (χ1) is 12.6. The van der Waals surface area contributed by atoms with Gasteiger partial charge < -0.3 is 20.1 Å². The Morgan fingerprint density at radius 1 is 1.31 bits per heavy atom. The lowest BCUT2D eigenvalue weighted by Crippen LogP contribution is -2.30. The minimum atomic E-state index is -0.428. The lowest BCUT2D eigenvalue weighted by atomic mass is 10.0. The van der Waals surface area contributed by atoms with Crippen molar-refractivity contribution < 1.29 is 14.1 Å². The summed E-state index contributed by atoms with van der Waals surface area (Å²) in [6.45, 7) is 1.78. The van der Waals surface area contributed by atoms with E-state index in [-0.39, 0.29) is 17.5 Å². The van der Waals surface area contributed by atoms with Crippen LogP contribution in [0.1, 0.15) is 41.2 Å². The van der Waals surface area contributed by atoms with Gasteiger partial charge in [0, 0.05) is 30.4 Å². The molecule has 3 aromatic heterocycles. The number of hydrogen-bond donors (Lipinski definition) is 3. The smallest absolute Gasteiger partial charge is 0.270 e. The fourth-order valence-corrected chi connectivity index (χ4v) is 2.73. The number of H-pyrrole nitrogens is 1. The molecule has 0 radical (unpaired) electrons. The van der Waals surface area contributed by atoms with Gasteiger partial charge in [0.2, 0.25) is 5.91 Å². The first-order valence-corrected chi connectivity index (χ1v) is 8.03. The highest BCUT2D eigenvalue weighted by Gasteiger charge is 2.25. The third kappa shape index (κ3) is 2.92. The molecule has 0 aliphatic carbocycles. The maximum atomic E-state index is 12.6. The van der Waals surface area contributed by atoms with Crippen molar-refractivity contribution >= 4 is 17.6 Å². The first kappa shape index (κ1) is 15.9. The number of hydrogen-bond acceptors (Lipinski definition) is 7. The normalized spacial score (nSPS) is 14.4. The van der Waals surface area contributed by atoms with Crippen LogP contribution in [-0.2, 0) is 11.2 Å². The lowest BCUT2D eigenvalue weighted by molar-refractivity contribution is -0.116. The molecule has 0 saturated heterocycles. The van der Waals surface area contributed by atoms with Gasteiger partial charge in [0.25, 0.3) is 5.91 Å². The fraction of sp³-hybridized carbons (Fsp3) is 0.250. The van der Waals surface area contributed by atoms with Crippen LogP contribution in [0.25, 0.3) is 11.5 Å². The molecule has 3 N–H and O–H groups in total. The van der Waals surface area contributed by atoms with Crippen molar-refractivity contribution in [3.8, 4) is 11.5 Å². The summed E-state index contributed by atoms with van der Waals surface area (Å²) in [5.74, 6) is 0.959. The Hall–Kier alpha value is -3.56. The molecule has 10 nitrogen and oxygen atoms in total. The standard InChI is InChI=1S/C16H15N7O3/c1-8(11-6-10(23-26-11)15-17-4-5-18-15)21-16(25)13-9-2-3-12(24)22-14(9)20-7-19-13/h4-8H,2-3H2,1H3,(H,17,18)(H,21,25)(H,19,20,22,24)/t8-/m1/s1. The molecule has 4 heterocycles. The van der Waals surface area contributed by atoms with Crippen LogP contribution >= 0.6 is 0 Å².